The Balaban J connectivity index is 2.89. The average molecular weight is 146 g/mol. The lowest BCUT2D eigenvalue weighted by atomic mass is 10.0. The fourth-order valence-corrected chi connectivity index (χ4v) is 0.873. The van der Waals surface area contributed by atoms with Crippen LogP contribution in [0.25, 0.3) is 0 Å². The first-order valence-corrected chi connectivity index (χ1v) is 4.03. The van der Waals surface area contributed by atoms with E-state index >= 15 is 0 Å². The molecule has 0 unspecified atom stereocenters. The van der Waals surface area contributed by atoms with Gasteiger partial charge in [-0.2, -0.15) is 0 Å². The lowest BCUT2D eigenvalue weighted by molar-refractivity contribution is 0.224. The SMILES string of the molecule is C[C@@H](CO)CCCCCO. The minimum absolute atomic E-state index is 0.291. The molecular weight excluding hydrogens is 128 g/mol. The standard InChI is InChI=1S/C8H18O2/c1-8(7-10)5-3-2-4-6-9/h8-10H,2-7H2,1H3/t8-/m1/s1. The molecule has 0 bridgehead atoms. The van der Waals surface area contributed by atoms with Gasteiger partial charge in [-0.25, -0.2) is 0 Å². The summed E-state index contributed by atoms with van der Waals surface area (Å²) in [4.78, 5) is 0. The molecule has 0 aliphatic carbocycles. The summed E-state index contributed by atoms with van der Waals surface area (Å²) in [5.74, 6) is 0.429. The van der Waals surface area contributed by atoms with E-state index < -0.39 is 0 Å². The first-order chi connectivity index (χ1) is 4.81. The highest BCUT2D eigenvalue weighted by atomic mass is 16.3. The summed E-state index contributed by atoms with van der Waals surface area (Å²) >= 11 is 0. The van der Waals surface area contributed by atoms with Crippen LogP contribution in [0.1, 0.15) is 32.6 Å². The van der Waals surface area contributed by atoms with E-state index in [-0.39, 0.29) is 0 Å². The maximum absolute atomic E-state index is 8.64. The third-order valence-electron chi connectivity index (χ3n) is 1.67. The van der Waals surface area contributed by atoms with Gasteiger partial charge in [-0.15, -0.1) is 0 Å². The topological polar surface area (TPSA) is 40.5 Å². The molecule has 2 nitrogen and oxygen atoms in total. The van der Waals surface area contributed by atoms with Gasteiger partial charge in [0.15, 0.2) is 0 Å². The van der Waals surface area contributed by atoms with Gasteiger partial charge >= 0.3 is 0 Å². The Labute approximate surface area is 62.9 Å². The Morgan fingerprint density at radius 1 is 1.10 bits per heavy atom. The van der Waals surface area contributed by atoms with Crippen LogP contribution < -0.4 is 0 Å². The fraction of sp³-hybridized carbons (Fsp3) is 1.00. The second-order valence-electron chi connectivity index (χ2n) is 2.86. The maximum Gasteiger partial charge on any atom is 0.0456 e. The molecule has 0 saturated carbocycles. The van der Waals surface area contributed by atoms with Gasteiger partial charge in [0.1, 0.15) is 0 Å². The molecule has 0 amide bonds. The molecule has 0 aromatic heterocycles. The van der Waals surface area contributed by atoms with Gasteiger partial charge in [0, 0.05) is 13.2 Å². The molecule has 0 radical (unpaired) electrons. The zero-order chi connectivity index (χ0) is 7.82. The van der Waals surface area contributed by atoms with Crippen LogP contribution in [0.3, 0.4) is 0 Å². The predicted molar refractivity (Wildman–Crippen MR) is 41.8 cm³/mol. The van der Waals surface area contributed by atoms with Gasteiger partial charge < -0.3 is 10.2 Å². The van der Waals surface area contributed by atoms with Crippen molar-refractivity contribution in [2.75, 3.05) is 13.2 Å². The van der Waals surface area contributed by atoms with E-state index in [1.54, 1.807) is 0 Å². The van der Waals surface area contributed by atoms with Crippen molar-refractivity contribution in [1.29, 1.82) is 0 Å². The molecule has 0 heterocycles. The van der Waals surface area contributed by atoms with Crippen molar-refractivity contribution in [1.82, 2.24) is 0 Å². The lowest BCUT2D eigenvalue weighted by Crippen LogP contribution is -1.99. The van der Waals surface area contributed by atoms with Crippen LogP contribution in [0.4, 0.5) is 0 Å². The van der Waals surface area contributed by atoms with E-state index in [4.69, 9.17) is 10.2 Å². The summed E-state index contributed by atoms with van der Waals surface area (Å²) in [5, 5.41) is 17.1. The first kappa shape index (κ1) is 9.92. The lowest BCUT2D eigenvalue weighted by Gasteiger charge is -2.05. The Morgan fingerprint density at radius 2 is 1.80 bits per heavy atom. The van der Waals surface area contributed by atoms with Crippen LogP contribution in [-0.2, 0) is 0 Å². The highest BCUT2D eigenvalue weighted by Gasteiger charge is 1.97. The molecule has 10 heavy (non-hydrogen) atoms. The van der Waals surface area contributed by atoms with Gasteiger partial charge in [-0.1, -0.05) is 19.8 Å². The zero-order valence-electron chi connectivity index (χ0n) is 6.71. The molecule has 1 atom stereocenters. The number of unbranched alkanes of at least 4 members (excludes halogenated alkanes) is 2. The van der Waals surface area contributed by atoms with Crippen molar-refractivity contribution in [2.24, 2.45) is 5.92 Å². The second kappa shape index (κ2) is 7.03. The monoisotopic (exact) mass is 146 g/mol. The number of aliphatic hydroxyl groups is 2. The average Bonchev–Trinajstić information content (AvgIpc) is 1.98. The van der Waals surface area contributed by atoms with Crippen LogP contribution in [0.15, 0.2) is 0 Å². The minimum atomic E-state index is 0.291. The number of aliphatic hydroxyl groups excluding tert-OH is 2. The fourth-order valence-electron chi connectivity index (χ4n) is 0.873. The Bertz CT molecular complexity index is 64.3. The van der Waals surface area contributed by atoms with Crippen molar-refractivity contribution in [3.63, 3.8) is 0 Å². The van der Waals surface area contributed by atoms with Gasteiger partial charge in [0.2, 0.25) is 0 Å². The van der Waals surface area contributed by atoms with E-state index in [0.29, 0.717) is 19.1 Å². The number of hydrogen-bond donors (Lipinski definition) is 2. The minimum Gasteiger partial charge on any atom is -0.396 e. The third kappa shape index (κ3) is 6.05. The highest BCUT2D eigenvalue weighted by molar-refractivity contribution is 4.50. The van der Waals surface area contributed by atoms with Crippen LogP contribution in [0.5, 0.6) is 0 Å². The molecule has 0 aromatic carbocycles. The molecule has 0 rings (SSSR count). The van der Waals surface area contributed by atoms with Gasteiger partial charge in [0.05, 0.1) is 0 Å². The van der Waals surface area contributed by atoms with Crippen LogP contribution >= 0.6 is 0 Å². The van der Waals surface area contributed by atoms with Crippen molar-refractivity contribution in [3.8, 4) is 0 Å². The summed E-state index contributed by atoms with van der Waals surface area (Å²) in [5.41, 5.74) is 0. The van der Waals surface area contributed by atoms with Crippen LogP contribution in [-0.4, -0.2) is 23.4 Å². The Hall–Kier alpha value is -0.0800. The number of rotatable bonds is 6. The largest absolute Gasteiger partial charge is 0.396 e. The van der Waals surface area contributed by atoms with E-state index in [1.807, 2.05) is 6.92 Å². The Kier molecular flexibility index (Phi) is 6.98. The smallest absolute Gasteiger partial charge is 0.0456 e. The van der Waals surface area contributed by atoms with Crippen LogP contribution in [0.2, 0.25) is 0 Å². The van der Waals surface area contributed by atoms with Crippen molar-refractivity contribution < 1.29 is 10.2 Å². The Morgan fingerprint density at radius 3 is 2.30 bits per heavy atom. The molecule has 0 aromatic rings. The molecule has 0 aliphatic rings. The zero-order valence-corrected chi connectivity index (χ0v) is 6.71. The molecule has 0 aliphatic heterocycles. The summed E-state index contributed by atoms with van der Waals surface area (Å²) in [6.07, 6.45) is 4.19. The third-order valence-corrected chi connectivity index (χ3v) is 1.67. The summed E-state index contributed by atoms with van der Waals surface area (Å²) in [6, 6.07) is 0. The molecule has 0 spiro atoms. The first-order valence-electron chi connectivity index (χ1n) is 4.03. The summed E-state index contributed by atoms with van der Waals surface area (Å²) in [7, 11) is 0. The van der Waals surface area contributed by atoms with E-state index in [1.165, 1.54) is 0 Å². The maximum atomic E-state index is 8.64. The quantitative estimate of drug-likeness (QED) is 0.552. The molecule has 0 fully saturated rings. The highest BCUT2D eigenvalue weighted by Crippen LogP contribution is 2.07. The predicted octanol–water partition coefficient (Wildman–Crippen LogP) is 1.17. The van der Waals surface area contributed by atoms with E-state index in [0.717, 1.165) is 25.7 Å². The molecular formula is C8H18O2. The number of hydrogen-bond acceptors (Lipinski definition) is 2. The molecule has 62 valence electrons. The second-order valence-corrected chi connectivity index (χ2v) is 2.86. The van der Waals surface area contributed by atoms with Crippen LogP contribution in [0, 0.1) is 5.92 Å². The molecule has 2 heteroatoms. The van der Waals surface area contributed by atoms with Crippen molar-refractivity contribution >= 4 is 0 Å². The van der Waals surface area contributed by atoms with Crippen molar-refractivity contribution in [2.45, 2.75) is 32.6 Å². The van der Waals surface area contributed by atoms with Gasteiger partial charge in [-0.05, 0) is 18.8 Å². The van der Waals surface area contributed by atoms with Crippen molar-refractivity contribution in [3.05, 3.63) is 0 Å². The molecule has 0 saturated heterocycles. The summed E-state index contributed by atoms with van der Waals surface area (Å²) < 4.78 is 0. The summed E-state index contributed by atoms with van der Waals surface area (Å²) in [6.45, 7) is 2.63. The normalized spacial score (nSPS) is 13.5. The molecule has 2 N–H and O–H groups in total. The van der Waals surface area contributed by atoms with Gasteiger partial charge in [-0.3, -0.25) is 0 Å². The van der Waals surface area contributed by atoms with E-state index in [2.05, 4.69) is 0 Å². The van der Waals surface area contributed by atoms with E-state index in [9.17, 15) is 0 Å². The van der Waals surface area contributed by atoms with Gasteiger partial charge in [0.25, 0.3) is 0 Å².